The Morgan fingerprint density at radius 2 is 1.60 bits per heavy atom. The minimum absolute atomic E-state index is 0.144. The third-order valence-corrected chi connectivity index (χ3v) is 5.62. The van der Waals surface area contributed by atoms with Crippen LogP contribution >= 0.6 is 0 Å². The Morgan fingerprint density at radius 1 is 1.00 bits per heavy atom. The van der Waals surface area contributed by atoms with Crippen molar-refractivity contribution in [3.8, 4) is 5.75 Å². The van der Waals surface area contributed by atoms with Crippen LogP contribution in [0.3, 0.4) is 0 Å². The van der Waals surface area contributed by atoms with E-state index in [4.69, 9.17) is 15.2 Å². The zero-order valence-corrected chi connectivity index (χ0v) is 17.8. The summed E-state index contributed by atoms with van der Waals surface area (Å²) in [6.07, 6.45) is 1.06. The van der Waals surface area contributed by atoms with E-state index in [-0.39, 0.29) is 11.5 Å². The lowest BCUT2D eigenvalue weighted by molar-refractivity contribution is -0.141. The van der Waals surface area contributed by atoms with Gasteiger partial charge in [0.2, 0.25) is 0 Å². The number of para-hydroxylation sites is 2. The van der Waals surface area contributed by atoms with Gasteiger partial charge in [-0.25, -0.2) is 9.59 Å². The molecule has 3 N–H and O–H groups in total. The van der Waals surface area contributed by atoms with Crippen molar-refractivity contribution in [3.05, 3.63) is 60.7 Å². The van der Waals surface area contributed by atoms with Crippen molar-refractivity contribution in [2.75, 3.05) is 5.32 Å². The molecule has 3 unspecified atom stereocenters. The molecule has 0 radical (unpaired) electrons. The molecule has 0 heterocycles. The molecule has 1 fully saturated rings. The van der Waals surface area contributed by atoms with Crippen LogP contribution in [0.4, 0.5) is 10.5 Å². The van der Waals surface area contributed by atoms with Crippen molar-refractivity contribution in [1.29, 1.82) is 0 Å². The number of esters is 1. The van der Waals surface area contributed by atoms with Crippen molar-refractivity contribution >= 4 is 17.7 Å². The van der Waals surface area contributed by atoms with Gasteiger partial charge in [-0.2, -0.15) is 0 Å². The monoisotopic (exact) mass is 410 g/mol. The number of amides is 1. The fourth-order valence-corrected chi connectivity index (χ4v) is 4.54. The number of nitrogens with two attached hydrogens (primary N) is 1. The first-order valence-electron chi connectivity index (χ1n) is 10.2. The first-order valence-corrected chi connectivity index (χ1v) is 10.2. The summed E-state index contributed by atoms with van der Waals surface area (Å²) in [5, 5.41) is 2.74. The molecule has 6 nitrogen and oxygen atoms in total. The number of anilines is 1. The van der Waals surface area contributed by atoms with Gasteiger partial charge < -0.3 is 15.2 Å². The molecule has 2 aromatic rings. The van der Waals surface area contributed by atoms with Crippen LogP contribution in [0.15, 0.2) is 60.7 Å². The third kappa shape index (κ3) is 5.60. The molecule has 1 amide bonds. The van der Waals surface area contributed by atoms with Gasteiger partial charge in [0, 0.05) is 5.69 Å². The maximum Gasteiger partial charge on any atom is 0.411 e. The number of hydrogen-bond donors (Lipinski definition) is 2. The molecule has 3 rings (SSSR count). The van der Waals surface area contributed by atoms with Gasteiger partial charge in [0.15, 0.2) is 0 Å². The second-order valence-electron chi connectivity index (χ2n) is 9.13. The molecule has 1 saturated carbocycles. The summed E-state index contributed by atoms with van der Waals surface area (Å²) < 4.78 is 11.2. The lowest BCUT2D eigenvalue weighted by atomic mass is 9.60. The second kappa shape index (κ2) is 8.88. The van der Waals surface area contributed by atoms with Gasteiger partial charge >= 0.3 is 12.1 Å². The largest absolute Gasteiger partial charge is 0.446 e. The summed E-state index contributed by atoms with van der Waals surface area (Å²) in [7, 11) is 0. The fraction of sp³-hybridized carbons (Fsp3) is 0.417. The number of ether oxygens (including phenoxy) is 2. The maximum atomic E-state index is 12.7. The molecule has 0 aromatic heterocycles. The number of carbonyl (C=O) groups excluding carboxylic acids is 2. The highest BCUT2D eigenvalue weighted by Crippen LogP contribution is 2.48. The van der Waals surface area contributed by atoms with Crippen LogP contribution in [0.5, 0.6) is 5.75 Å². The number of hydrogen-bond acceptors (Lipinski definition) is 5. The van der Waals surface area contributed by atoms with Crippen molar-refractivity contribution in [1.82, 2.24) is 0 Å². The predicted molar refractivity (Wildman–Crippen MR) is 116 cm³/mol. The van der Waals surface area contributed by atoms with Gasteiger partial charge in [-0.05, 0) is 54.4 Å². The number of benzene rings is 2. The quantitative estimate of drug-likeness (QED) is 0.548. The van der Waals surface area contributed by atoms with Crippen molar-refractivity contribution < 1.29 is 19.1 Å². The zero-order chi connectivity index (χ0) is 21.8. The second-order valence-corrected chi connectivity index (χ2v) is 9.13. The van der Waals surface area contributed by atoms with Crippen LogP contribution in [-0.2, 0) is 9.53 Å². The Hall–Kier alpha value is -2.86. The van der Waals surface area contributed by atoms with Crippen LogP contribution in [0, 0.1) is 10.8 Å². The van der Waals surface area contributed by atoms with E-state index in [0.29, 0.717) is 24.3 Å². The molecule has 2 aromatic carbocycles. The van der Waals surface area contributed by atoms with E-state index in [2.05, 4.69) is 19.2 Å². The van der Waals surface area contributed by atoms with Crippen LogP contribution in [0.25, 0.3) is 0 Å². The Labute approximate surface area is 177 Å². The maximum absolute atomic E-state index is 12.7. The number of rotatable bonds is 5. The minimum atomic E-state index is -0.833. The van der Waals surface area contributed by atoms with Gasteiger partial charge in [0.1, 0.15) is 17.9 Å². The highest BCUT2D eigenvalue weighted by molar-refractivity contribution is 5.84. The van der Waals surface area contributed by atoms with Crippen molar-refractivity contribution in [2.24, 2.45) is 16.6 Å². The van der Waals surface area contributed by atoms with Gasteiger partial charge in [-0.1, -0.05) is 57.2 Å². The summed E-state index contributed by atoms with van der Waals surface area (Å²) in [5.41, 5.74) is 6.34. The number of nitrogens with one attached hydrogen (secondary N) is 1. The van der Waals surface area contributed by atoms with Gasteiger partial charge in [-0.3, -0.25) is 5.32 Å². The molecule has 6 heteroatoms. The standard InChI is InChI=1S/C24H30N2O4/c1-23(2)14-19(30-22(28)26-17-10-6-4-7-11-17)15-24(3,16-23)20(25)21(27)29-18-12-8-5-9-13-18/h4-13,19-20H,14-16,25H2,1-3H3,(H,26,28). The summed E-state index contributed by atoms with van der Waals surface area (Å²) >= 11 is 0. The molecule has 1 aliphatic carbocycles. The SMILES string of the molecule is CC1(C)CC(OC(=O)Nc2ccccc2)CC(C)(C(N)C(=O)Oc2ccccc2)C1. The summed E-state index contributed by atoms with van der Waals surface area (Å²) in [5.74, 6) is -0.0134. The van der Waals surface area contributed by atoms with E-state index in [9.17, 15) is 9.59 Å². The molecular weight excluding hydrogens is 380 g/mol. The highest BCUT2D eigenvalue weighted by atomic mass is 16.6. The molecule has 0 aliphatic heterocycles. The van der Waals surface area contributed by atoms with E-state index in [1.54, 1.807) is 36.4 Å². The smallest absolute Gasteiger partial charge is 0.411 e. The van der Waals surface area contributed by atoms with Crippen molar-refractivity contribution in [2.45, 2.75) is 52.2 Å². The average molecular weight is 411 g/mol. The molecule has 3 atom stereocenters. The van der Waals surface area contributed by atoms with Crippen LogP contribution in [-0.4, -0.2) is 24.2 Å². The van der Waals surface area contributed by atoms with E-state index in [0.717, 1.165) is 6.42 Å². The minimum Gasteiger partial charge on any atom is -0.446 e. The van der Waals surface area contributed by atoms with E-state index >= 15 is 0 Å². The molecule has 1 aliphatic rings. The first kappa shape index (κ1) is 21.8. The molecule has 0 bridgehead atoms. The molecule has 160 valence electrons. The van der Waals surface area contributed by atoms with Gasteiger partial charge in [-0.15, -0.1) is 0 Å². The van der Waals surface area contributed by atoms with E-state index in [1.807, 2.05) is 31.2 Å². The molecule has 0 spiro atoms. The van der Waals surface area contributed by atoms with Gasteiger partial charge in [0.25, 0.3) is 0 Å². The normalized spacial score (nSPS) is 23.8. The highest BCUT2D eigenvalue weighted by Gasteiger charge is 2.48. The number of carbonyl (C=O) groups is 2. The fourth-order valence-electron chi connectivity index (χ4n) is 4.54. The zero-order valence-electron chi connectivity index (χ0n) is 17.8. The average Bonchev–Trinajstić information content (AvgIpc) is 2.67. The van der Waals surface area contributed by atoms with Crippen LogP contribution in [0.2, 0.25) is 0 Å². The van der Waals surface area contributed by atoms with Gasteiger partial charge in [0.05, 0.1) is 0 Å². The van der Waals surface area contributed by atoms with E-state index < -0.39 is 23.5 Å². The summed E-state index contributed by atoms with van der Waals surface area (Å²) in [6.45, 7) is 6.17. The lowest BCUT2D eigenvalue weighted by Crippen LogP contribution is -2.54. The Balaban J connectivity index is 1.67. The van der Waals surface area contributed by atoms with Crippen molar-refractivity contribution in [3.63, 3.8) is 0 Å². The van der Waals surface area contributed by atoms with Crippen LogP contribution < -0.4 is 15.8 Å². The molecular formula is C24H30N2O4. The Morgan fingerprint density at radius 3 is 2.23 bits per heavy atom. The Bertz CT molecular complexity index is 869. The summed E-state index contributed by atoms with van der Waals surface area (Å²) in [4.78, 5) is 25.1. The van der Waals surface area contributed by atoms with E-state index in [1.165, 1.54) is 0 Å². The lowest BCUT2D eigenvalue weighted by Gasteiger charge is -2.47. The van der Waals surface area contributed by atoms with Crippen LogP contribution in [0.1, 0.15) is 40.0 Å². The summed E-state index contributed by atoms with van der Waals surface area (Å²) in [6, 6.07) is 17.2. The topological polar surface area (TPSA) is 90.6 Å². The third-order valence-electron chi connectivity index (χ3n) is 5.62. The first-order chi connectivity index (χ1) is 14.2. The molecule has 0 saturated heterocycles. The Kier molecular flexibility index (Phi) is 6.46. The molecule has 30 heavy (non-hydrogen) atoms. The predicted octanol–water partition coefficient (Wildman–Crippen LogP) is 4.75.